The van der Waals surface area contributed by atoms with E-state index in [9.17, 15) is 32.7 Å². The first-order valence-electron chi connectivity index (χ1n) is 20.3. The van der Waals surface area contributed by atoms with Gasteiger partial charge >= 0.3 is 0 Å². The molecule has 0 radical (unpaired) electrons. The maximum absolute atomic E-state index is 14.6. The molecule has 2 unspecified atom stereocenters. The summed E-state index contributed by atoms with van der Waals surface area (Å²) in [7, 11) is -3.89. The first kappa shape index (κ1) is 38.3. The van der Waals surface area contributed by atoms with Crippen molar-refractivity contribution in [3.8, 4) is 11.1 Å². The second-order valence-corrected chi connectivity index (χ2v) is 18.4. The van der Waals surface area contributed by atoms with Gasteiger partial charge in [0.2, 0.25) is 27.7 Å². The molecule has 14 heteroatoms. The quantitative estimate of drug-likeness (QED) is 0.196. The molecule has 13 nitrogen and oxygen atoms in total. The average Bonchev–Trinajstić information content (AvgIpc) is 4.11. The van der Waals surface area contributed by atoms with Crippen molar-refractivity contribution in [1.82, 2.24) is 20.3 Å². The molecule has 2 aromatic carbocycles. The van der Waals surface area contributed by atoms with Crippen molar-refractivity contribution in [2.75, 3.05) is 6.54 Å². The summed E-state index contributed by atoms with van der Waals surface area (Å²) in [6.45, 7) is -0.0207. The van der Waals surface area contributed by atoms with Crippen LogP contribution >= 0.6 is 0 Å². The minimum atomic E-state index is -3.89. The highest BCUT2D eigenvalue weighted by atomic mass is 32.2. The van der Waals surface area contributed by atoms with Gasteiger partial charge in [0, 0.05) is 23.5 Å². The predicted molar refractivity (Wildman–Crippen MR) is 208 cm³/mol. The number of carbonyl (C=O) groups is 4. The van der Waals surface area contributed by atoms with Gasteiger partial charge in [-0.05, 0) is 68.4 Å². The van der Waals surface area contributed by atoms with E-state index in [1.807, 2.05) is 60.7 Å². The van der Waals surface area contributed by atoms with Crippen LogP contribution in [0.1, 0.15) is 101 Å². The van der Waals surface area contributed by atoms with E-state index in [2.05, 4.69) is 20.5 Å². The lowest BCUT2D eigenvalue weighted by Crippen LogP contribution is -2.58. The first-order valence-corrected chi connectivity index (χ1v) is 21.9. The van der Waals surface area contributed by atoms with Gasteiger partial charge in [0.15, 0.2) is 0 Å². The van der Waals surface area contributed by atoms with Crippen LogP contribution in [0.2, 0.25) is 0 Å². The molecule has 0 bridgehead atoms. The van der Waals surface area contributed by atoms with Crippen LogP contribution in [0.3, 0.4) is 0 Å². The minimum absolute atomic E-state index is 0.0207. The van der Waals surface area contributed by atoms with Crippen molar-refractivity contribution in [2.24, 2.45) is 17.0 Å². The number of amides is 4. The Morgan fingerprint density at radius 2 is 1.54 bits per heavy atom. The minimum Gasteiger partial charge on any atom is -0.390 e. The largest absolute Gasteiger partial charge is 0.390 e. The van der Waals surface area contributed by atoms with E-state index < -0.39 is 74.7 Å². The molecule has 4 N–H and O–H groups in total. The molecule has 8 rings (SSSR count). The van der Waals surface area contributed by atoms with Crippen LogP contribution in [-0.2, 0) is 34.0 Å². The summed E-state index contributed by atoms with van der Waals surface area (Å²) in [5, 5.41) is 20.8. The predicted octanol–water partition coefficient (Wildman–Crippen LogP) is 3.84. The summed E-state index contributed by atoms with van der Waals surface area (Å²) in [5.74, 6) is -3.09. The van der Waals surface area contributed by atoms with E-state index >= 15 is 0 Å². The number of rotatable bonds is 8. The summed E-state index contributed by atoms with van der Waals surface area (Å²) in [4.78, 5) is 64.0. The van der Waals surface area contributed by atoms with E-state index in [-0.39, 0.29) is 25.3 Å². The Morgan fingerprint density at radius 3 is 2.21 bits per heavy atom. The molecular formula is C42H51N5O8S. The second-order valence-electron chi connectivity index (χ2n) is 16.4. The number of oxime groups is 1. The summed E-state index contributed by atoms with van der Waals surface area (Å²) in [6.07, 6.45) is 10.7. The molecule has 4 fully saturated rings. The Balaban J connectivity index is 1.08. The van der Waals surface area contributed by atoms with Gasteiger partial charge in [-0.3, -0.25) is 23.9 Å². The molecule has 6 atom stereocenters. The molecule has 6 aliphatic rings. The Bertz CT molecular complexity index is 1990. The van der Waals surface area contributed by atoms with Crippen molar-refractivity contribution >= 4 is 39.4 Å². The highest BCUT2D eigenvalue weighted by Gasteiger charge is 2.62. The van der Waals surface area contributed by atoms with Crippen molar-refractivity contribution < 1.29 is 37.5 Å². The topological polar surface area (TPSA) is 184 Å². The fourth-order valence-electron chi connectivity index (χ4n) is 8.98. The maximum atomic E-state index is 14.6. The molecular weight excluding hydrogens is 735 g/mol. The number of sulfonamides is 1. The zero-order valence-electron chi connectivity index (χ0n) is 31.5. The van der Waals surface area contributed by atoms with Gasteiger partial charge in [0.1, 0.15) is 35.5 Å². The van der Waals surface area contributed by atoms with E-state index in [1.54, 1.807) is 0 Å². The summed E-state index contributed by atoms with van der Waals surface area (Å²) < 4.78 is 28.0. The van der Waals surface area contributed by atoms with E-state index in [1.165, 1.54) is 4.90 Å². The van der Waals surface area contributed by atoms with Crippen LogP contribution in [-0.4, -0.2) is 89.4 Å². The van der Waals surface area contributed by atoms with Gasteiger partial charge < -0.3 is 25.5 Å². The molecule has 2 heterocycles. The number of nitrogens with one attached hydrogen (secondary N) is 3. The Kier molecular flexibility index (Phi) is 10.8. The van der Waals surface area contributed by atoms with E-state index in [4.69, 9.17) is 4.84 Å². The number of carbonyl (C=O) groups excluding carboxylic acids is 4. The number of aliphatic hydroxyl groups excluding tert-OH is 1. The van der Waals surface area contributed by atoms with Crippen LogP contribution in [0.5, 0.6) is 0 Å². The van der Waals surface area contributed by atoms with Crippen LogP contribution in [0.25, 0.3) is 11.1 Å². The zero-order chi connectivity index (χ0) is 39.0. The fraction of sp³-hybridized carbons (Fsp3) is 0.548. The third-order valence-electron chi connectivity index (χ3n) is 12.5. The zero-order valence-corrected chi connectivity index (χ0v) is 32.3. The van der Waals surface area contributed by atoms with Crippen LogP contribution in [0, 0.1) is 11.8 Å². The van der Waals surface area contributed by atoms with E-state index in [0.717, 1.165) is 67.2 Å². The fourth-order valence-corrected chi connectivity index (χ4v) is 10.3. The van der Waals surface area contributed by atoms with Gasteiger partial charge in [-0.1, -0.05) is 97.9 Å². The summed E-state index contributed by atoms with van der Waals surface area (Å²) in [5.41, 5.74) is 2.98. The highest BCUT2D eigenvalue weighted by Crippen LogP contribution is 2.46. The van der Waals surface area contributed by atoms with Crippen LogP contribution in [0.4, 0.5) is 0 Å². The van der Waals surface area contributed by atoms with Crippen LogP contribution < -0.4 is 15.4 Å². The monoisotopic (exact) mass is 785 g/mol. The summed E-state index contributed by atoms with van der Waals surface area (Å²) in [6, 6.07) is 13.6. The average molecular weight is 786 g/mol. The van der Waals surface area contributed by atoms with E-state index in [0.29, 0.717) is 37.8 Å². The molecule has 0 aromatic heterocycles. The molecule has 1 saturated heterocycles. The standard InChI is InChI=1S/C42H51N5O8S/c48-37(26-13-5-4-6-14-26)39(50)43-34-20-8-3-1-2-7-15-27-24-42(27,41(52)46-56(53,54)29-21-22-29)44-38(49)35-23-28(25-47(35)40(34)51)55-45-36-32-18-11-9-16-30(32)31-17-10-12-19-33(31)36/h7,9-12,15-19,26-29,34-35,37,48H,1-6,8,13-14,20-25H2,(H,43,50)(H,44,49)(H,46,52)/b15-7-/t27?,28-,34+,35+,37-,42?/m1/s1. The van der Waals surface area contributed by atoms with Crippen molar-refractivity contribution in [1.29, 1.82) is 0 Å². The van der Waals surface area contributed by atoms with Gasteiger partial charge in [-0.15, -0.1) is 0 Å². The molecule has 0 spiro atoms. The van der Waals surface area contributed by atoms with Crippen molar-refractivity contribution in [2.45, 2.75) is 125 Å². The summed E-state index contributed by atoms with van der Waals surface area (Å²) >= 11 is 0. The number of nitrogens with zero attached hydrogens (tertiary/aromatic N) is 2. The Hall–Kier alpha value is -4.56. The third-order valence-corrected chi connectivity index (χ3v) is 14.3. The molecule has 4 amide bonds. The smallest absolute Gasteiger partial charge is 0.259 e. The molecule has 298 valence electrons. The van der Waals surface area contributed by atoms with Crippen LogP contribution in [0.15, 0.2) is 65.8 Å². The highest BCUT2D eigenvalue weighted by molar-refractivity contribution is 7.91. The molecule has 4 aliphatic carbocycles. The van der Waals surface area contributed by atoms with Gasteiger partial charge in [-0.25, -0.2) is 8.42 Å². The second kappa shape index (κ2) is 15.8. The number of allylic oxidation sites excluding steroid dienone is 1. The van der Waals surface area contributed by atoms with Gasteiger partial charge in [0.25, 0.3) is 5.91 Å². The number of fused-ring (bicyclic) bond motifs is 5. The lowest BCUT2D eigenvalue weighted by atomic mass is 9.85. The SMILES string of the molecule is O=C(N[C@H]1CCCCC/C=C\C2CC2(C(=O)NS(=O)(=O)C2CC2)NC(=O)[C@@H]2C[C@@H](ON=C3c4ccccc4-c4ccccc43)CN2C1=O)[C@H](O)C1CCCCC1. The number of benzene rings is 2. The Labute approximate surface area is 327 Å². The third kappa shape index (κ3) is 7.74. The number of hydrogen-bond acceptors (Lipinski definition) is 9. The van der Waals surface area contributed by atoms with Crippen molar-refractivity contribution in [3.05, 3.63) is 71.8 Å². The molecule has 56 heavy (non-hydrogen) atoms. The molecule has 3 saturated carbocycles. The normalized spacial score (nSPS) is 29.2. The van der Waals surface area contributed by atoms with Gasteiger partial charge in [-0.2, -0.15) is 0 Å². The van der Waals surface area contributed by atoms with Gasteiger partial charge in [0.05, 0.1) is 11.8 Å². The molecule has 2 aliphatic heterocycles. The number of aliphatic hydroxyl groups is 1. The number of hydrogen-bond donors (Lipinski definition) is 4. The maximum Gasteiger partial charge on any atom is 0.259 e. The lowest BCUT2D eigenvalue weighted by Gasteiger charge is -2.31. The Morgan fingerprint density at radius 1 is 0.893 bits per heavy atom. The first-order chi connectivity index (χ1) is 27.1. The van der Waals surface area contributed by atoms with Crippen molar-refractivity contribution in [3.63, 3.8) is 0 Å². The lowest BCUT2D eigenvalue weighted by molar-refractivity contribution is -0.144. The molecule has 2 aromatic rings.